The number of hydrogen-bond donors (Lipinski definition) is 0. The van der Waals surface area contributed by atoms with Crippen LogP contribution < -0.4 is 0 Å². The van der Waals surface area contributed by atoms with Crippen LogP contribution in [-0.2, 0) is 0 Å². The van der Waals surface area contributed by atoms with Crippen LogP contribution in [0.5, 0.6) is 0 Å². The van der Waals surface area contributed by atoms with E-state index in [2.05, 4.69) is 155 Å². The molecule has 3 heterocycles. The van der Waals surface area contributed by atoms with E-state index >= 15 is 0 Å². The summed E-state index contributed by atoms with van der Waals surface area (Å²) in [7, 11) is 0. The number of para-hydroxylation sites is 4. The summed E-state index contributed by atoms with van der Waals surface area (Å²) in [4.78, 5) is 5.11. The van der Waals surface area contributed by atoms with Gasteiger partial charge < -0.3 is 9.13 Å². The van der Waals surface area contributed by atoms with Crippen molar-refractivity contribution < 1.29 is 0 Å². The molecule has 196 valence electrons. The highest BCUT2D eigenvalue weighted by molar-refractivity contribution is 6.15. The summed E-state index contributed by atoms with van der Waals surface area (Å²) in [5.74, 6) is 0. The summed E-state index contributed by atoms with van der Waals surface area (Å²) >= 11 is 0. The van der Waals surface area contributed by atoms with E-state index in [1.807, 2.05) is 6.20 Å². The molecule has 0 unspecified atom stereocenters. The van der Waals surface area contributed by atoms with Gasteiger partial charge in [0.2, 0.25) is 0 Å². The molecule has 42 heavy (non-hydrogen) atoms. The largest absolute Gasteiger partial charge is 0.309 e. The van der Waals surface area contributed by atoms with Crippen molar-refractivity contribution in [3.05, 3.63) is 152 Å². The number of fused-ring (bicyclic) bond motifs is 7. The molecule has 0 bridgehead atoms. The molecule has 9 rings (SSSR count). The fraction of sp³-hybridized carbons (Fsp3) is 0. The zero-order chi connectivity index (χ0) is 27.6. The third-order valence-electron chi connectivity index (χ3n) is 8.53. The predicted molar refractivity (Wildman–Crippen MR) is 176 cm³/mol. The molecule has 3 aromatic heterocycles. The quantitative estimate of drug-likeness (QED) is 0.221. The minimum absolute atomic E-state index is 0.956. The summed E-state index contributed by atoms with van der Waals surface area (Å²) in [6.45, 7) is 0. The molecule has 0 atom stereocenters. The summed E-state index contributed by atoms with van der Waals surface area (Å²) in [5.41, 5.74) is 9.05. The molecule has 0 amide bonds. The van der Waals surface area contributed by atoms with Crippen LogP contribution in [0.25, 0.3) is 77.0 Å². The van der Waals surface area contributed by atoms with Crippen LogP contribution >= 0.6 is 0 Å². The van der Waals surface area contributed by atoms with Crippen molar-refractivity contribution in [3.8, 4) is 22.6 Å². The van der Waals surface area contributed by atoms with Gasteiger partial charge in [-0.25, -0.2) is 0 Å². The number of aromatic nitrogens is 3. The van der Waals surface area contributed by atoms with Crippen LogP contribution in [0.4, 0.5) is 0 Å². The standard InChI is InChI=1S/C39H25N3/c1-2-13-28(14-3-1)41-36-19-8-7-16-31(36)34-25-40-35(24-38(34)41)33-18-10-17-32-30-15-6-9-20-37(30)42(39(32)33)29-22-21-26-11-4-5-12-27(26)23-29/h1-25H. The molecule has 0 aliphatic rings. The van der Waals surface area contributed by atoms with Crippen LogP contribution in [-0.4, -0.2) is 14.1 Å². The maximum Gasteiger partial charge on any atom is 0.0744 e. The van der Waals surface area contributed by atoms with Gasteiger partial charge in [0.15, 0.2) is 0 Å². The van der Waals surface area contributed by atoms with Gasteiger partial charge in [-0.2, -0.15) is 0 Å². The lowest BCUT2D eigenvalue weighted by Gasteiger charge is -2.13. The highest BCUT2D eigenvalue weighted by atomic mass is 15.0. The number of benzene rings is 6. The topological polar surface area (TPSA) is 22.8 Å². The van der Waals surface area contributed by atoms with E-state index in [1.165, 1.54) is 43.5 Å². The van der Waals surface area contributed by atoms with Crippen molar-refractivity contribution >= 4 is 54.4 Å². The molecule has 6 aromatic carbocycles. The normalized spacial score (nSPS) is 11.8. The first-order valence-corrected chi connectivity index (χ1v) is 14.3. The van der Waals surface area contributed by atoms with Crippen LogP contribution in [0.2, 0.25) is 0 Å². The van der Waals surface area contributed by atoms with Gasteiger partial charge >= 0.3 is 0 Å². The molecule has 0 spiro atoms. The molecule has 0 saturated carbocycles. The lowest BCUT2D eigenvalue weighted by Crippen LogP contribution is -1.97. The first-order valence-electron chi connectivity index (χ1n) is 14.3. The summed E-state index contributed by atoms with van der Waals surface area (Å²) in [6.07, 6.45) is 2.05. The Hall–Kier alpha value is -5.67. The fourth-order valence-corrected chi connectivity index (χ4v) is 6.68. The third-order valence-corrected chi connectivity index (χ3v) is 8.53. The van der Waals surface area contributed by atoms with Crippen molar-refractivity contribution in [2.24, 2.45) is 0 Å². The van der Waals surface area contributed by atoms with Crippen LogP contribution in [0.3, 0.4) is 0 Å². The van der Waals surface area contributed by atoms with E-state index in [-0.39, 0.29) is 0 Å². The van der Waals surface area contributed by atoms with Gasteiger partial charge in [-0.15, -0.1) is 0 Å². The summed E-state index contributed by atoms with van der Waals surface area (Å²) in [6, 6.07) is 52.1. The van der Waals surface area contributed by atoms with E-state index in [9.17, 15) is 0 Å². The van der Waals surface area contributed by atoms with Crippen molar-refractivity contribution in [2.75, 3.05) is 0 Å². The molecular weight excluding hydrogens is 510 g/mol. The Morgan fingerprint density at radius 1 is 0.405 bits per heavy atom. The van der Waals surface area contributed by atoms with Gasteiger partial charge in [0, 0.05) is 44.7 Å². The molecule has 0 N–H and O–H groups in total. The second-order valence-corrected chi connectivity index (χ2v) is 10.9. The number of hydrogen-bond acceptors (Lipinski definition) is 1. The molecule has 0 saturated heterocycles. The number of nitrogens with zero attached hydrogens (tertiary/aromatic N) is 3. The molecule has 0 aliphatic heterocycles. The number of rotatable bonds is 3. The highest BCUT2D eigenvalue weighted by Crippen LogP contribution is 2.40. The molecule has 3 nitrogen and oxygen atoms in total. The van der Waals surface area contributed by atoms with Crippen LogP contribution in [0, 0.1) is 0 Å². The SMILES string of the molecule is c1ccc(-n2c3ccccc3c3cnc(-c4cccc5c6ccccc6n(-c6ccc7ccccc7c6)c45)cc32)cc1. The van der Waals surface area contributed by atoms with Crippen molar-refractivity contribution in [3.63, 3.8) is 0 Å². The number of pyridine rings is 1. The molecule has 0 fully saturated rings. The molecule has 0 aliphatic carbocycles. The predicted octanol–water partition coefficient (Wildman–Crippen LogP) is 10.1. The highest BCUT2D eigenvalue weighted by Gasteiger charge is 2.19. The minimum Gasteiger partial charge on any atom is -0.309 e. The average Bonchev–Trinajstić information content (AvgIpc) is 3.58. The lowest BCUT2D eigenvalue weighted by atomic mass is 10.0. The first-order chi connectivity index (χ1) is 20.8. The Bertz CT molecular complexity index is 2460. The molecule has 9 aromatic rings. The van der Waals surface area contributed by atoms with Gasteiger partial charge in [-0.3, -0.25) is 4.98 Å². The van der Waals surface area contributed by atoms with Crippen LogP contribution in [0.15, 0.2) is 152 Å². The Labute approximate surface area is 242 Å². The molecule has 3 heteroatoms. The smallest absolute Gasteiger partial charge is 0.0744 e. The van der Waals surface area contributed by atoms with Crippen molar-refractivity contribution in [2.45, 2.75) is 0 Å². The Morgan fingerprint density at radius 3 is 1.90 bits per heavy atom. The Morgan fingerprint density at radius 2 is 1.07 bits per heavy atom. The third kappa shape index (κ3) is 3.31. The second-order valence-electron chi connectivity index (χ2n) is 10.9. The zero-order valence-corrected chi connectivity index (χ0v) is 22.8. The molecular formula is C39H25N3. The van der Waals surface area contributed by atoms with E-state index in [0.29, 0.717) is 0 Å². The second kappa shape index (κ2) is 8.92. The van der Waals surface area contributed by atoms with Gasteiger partial charge in [0.25, 0.3) is 0 Å². The van der Waals surface area contributed by atoms with Gasteiger partial charge in [-0.1, -0.05) is 103 Å². The average molecular weight is 536 g/mol. The van der Waals surface area contributed by atoms with Gasteiger partial charge in [0.05, 0.1) is 27.8 Å². The lowest BCUT2D eigenvalue weighted by molar-refractivity contribution is 1.17. The van der Waals surface area contributed by atoms with Gasteiger partial charge in [0.1, 0.15) is 0 Å². The Balaban J connectivity index is 1.37. The van der Waals surface area contributed by atoms with E-state index < -0.39 is 0 Å². The fourth-order valence-electron chi connectivity index (χ4n) is 6.68. The first kappa shape index (κ1) is 23.1. The summed E-state index contributed by atoms with van der Waals surface area (Å²) < 4.78 is 4.76. The summed E-state index contributed by atoms with van der Waals surface area (Å²) in [5, 5.41) is 7.29. The molecule has 0 radical (unpaired) electrons. The van der Waals surface area contributed by atoms with E-state index in [0.717, 1.165) is 33.5 Å². The van der Waals surface area contributed by atoms with Crippen molar-refractivity contribution in [1.29, 1.82) is 0 Å². The maximum absolute atomic E-state index is 5.11. The zero-order valence-electron chi connectivity index (χ0n) is 22.8. The van der Waals surface area contributed by atoms with Gasteiger partial charge in [-0.05, 0) is 53.2 Å². The van der Waals surface area contributed by atoms with Crippen molar-refractivity contribution in [1.82, 2.24) is 14.1 Å². The Kier molecular flexibility index (Phi) is 4.90. The van der Waals surface area contributed by atoms with E-state index in [1.54, 1.807) is 0 Å². The minimum atomic E-state index is 0.956. The monoisotopic (exact) mass is 535 g/mol. The van der Waals surface area contributed by atoms with Crippen LogP contribution in [0.1, 0.15) is 0 Å². The maximum atomic E-state index is 5.11. The van der Waals surface area contributed by atoms with E-state index in [4.69, 9.17) is 4.98 Å².